The van der Waals surface area contributed by atoms with Crippen LogP contribution in [0.15, 0.2) is 59.8 Å². The van der Waals surface area contributed by atoms with E-state index in [-0.39, 0.29) is 23.2 Å². The molecule has 2 aromatic heterocycles. The van der Waals surface area contributed by atoms with Gasteiger partial charge in [0.05, 0.1) is 25.4 Å². The van der Waals surface area contributed by atoms with E-state index in [1.807, 2.05) is 30.3 Å². The summed E-state index contributed by atoms with van der Waals surface area (Å²) < 4.78 is 31.7. The van der Waals surface area contributed by atoms with Gasteiger partial charge < -0.3 is 4.74 Å². The number of carbonyl (C=O) groups is 2. The largest absolute Gasteiger partial charge is 0.462 e. The van der Waals surface area contributed by atoms with Crippen molar-refractivity contribution >= 4 is 38.4 Å². The van der Waals surface area contributed by atoms with Gasteiger partial charge in [0.1, 0.15) is 9.77 Å². The van der Waals surface area contributed by atoms with Gasteiger partial charge in [-0.1, -0.05) is 41.7 Å². The van der Waals surface area contributed by atoms with Gasteiger partial charge in [-0.15, -0.1) is 0 Å². The first-order chi connectivity index (χ1) is 15.7. The van der Waals surface area contributed by atoms with Crippen molar-refractivity contribution in [2.24, 2.45) is 0 Å². The number of aryl methyl sites for hydroxylation is 1. The van der Waals surface area contributed by atoms with Crippen LogP contribution in [0.4, 0.5) is 5.13 Å². The summed E-state index contributed by atoms with van der Waals surface area (Å²) in [4.78, 5) is 35.5. The molecule has 1 aromatic carbocycles. The number of hydrogen-bond donors (Lipinski definition) is 0. The molecule has 9 nitrogen and oxygen atoms in total. The lowest BCUT2D eigenvalue weighted by atomic mass is 10.2. The van der Waals surface area contributed by atoms with Crippen molar-refractivity contribution in [3.8, 4) is 0 Å². The van der Waals surface area contributed by atoms with Crippen molar-refractivity contribution in [2.45, 2.75) is 25.3 Å². The molecular weight excluding hydrogens is 464 g/mol. The van der Waals surface area contributed by atoms with E-state index >= 15 is 0 Å². The molecule has 0 aliphatic rings. The lowest BCUT2D eigenvalue weighted by Crippen LogP contribution is -2.41. The molecule has 1 amide bonds. The molecule has 0 spiro atoms. The van der Waals surface area contributed by atoms with Crippen LogP contribution in [-0.2, 0) is 26.1 Å². The maximum absolute atomic E-state index is 13.3. The molecule has 0 unspecified atom stereocenters. The van der Waals surface area contributed by atoms with Crippen molar-refractivity contribution < 1.29 is 22.7 Å². The summed E-state index contributed by atoms with van der Waals surface area (Å²) in [6.45, 7) is 3.33. The van der Waals surface area contributed by atoms with Crippen LogP contribution in [0.5, 0.6) is 0 Å². The van der Waals surface area contributed by atoms with Crippen LogP contribution < -0.4 is 4.90 Å². The number of likely N-dealkylation sites (N-methyl/N-ethyl adjacent to an activating group) is 1. The number of ether oxygens (including phenoxy) is 1. The Morgan fingerprint density at radius 2 is 1.85 bits per heavy atom. The minimum atomic E-state index is -3.91. The standard InChI is InChI=1S/C22H24N4O5S2/c1-4-31-21(28)20-16(2)24-22(32-20)26(14-17-9-6-5-7-10-17)19(27)15-25(3)33(29,30)18-11-8-12-23-13-18/h5-13H,4,14-15H2,1-3H3. The molecular formula is C22H24N4O5S2. The molecule has 0 saturated carbocycles. The van der Waals surface area contributed by atoms with Crippen molar-refractivity contribution in [2.75, 3.05) is 25.1 Å². The van der Waals surface area contributed by atoms with E-state index in [9.17, 15) is 18.0 Å². The highest BCUT2D eigenvalue weighted by atomic mass is 32.2. The second-order valence-electron chi connectivity index (χ2n) is 7.05. The smallest absolute Gasteiger partial charge is 0.350 e. The summed E-state index contributed by atoms with van der Waals surface area (Å²) >= 11 is 1.04. The summed E-state index contributed by atoms with van der Waals surface area (Å²) in [5.41, 5.74) is 1.27. The fourth-order valence-electron chi connectivity index (χ4n) is 2.95. The lowest BCUT2D eigenvalue weighted by Gasteiger charge is -2.23. The van der Waals surface area contributed by atoms with Crippen molar-refractivity contribution in [3.05, 3.63) is 71.0 Å². The monoisotopic (exact) mass is 488 g/mol. The van der Waals surface area contributed by atoms with E-state index in [1.54, 1.807) is 13.8 Å². The lowest BCUT2D eigenvalue weighted by molar-refractivity contribution is -0.118. The van der Waals surface area contributed by atoms with Crippen LogP contribution in [0.2, 0.25) is 0 Å². The molecule has 0 radical (unpaired) electrons. The first-order valence-electron chi connectivity index (χ1n) is 10.1. The maximum atomic E-state index is 13.3. The van der Waals surface area contributed by atoms with E-state index in [4.69, 9.17) is 4.74 Å². The fourth-order valence-corrected chi connectivity index (χ4v) is 5.01. The molecule has 3 aromatic rings. The molecule has 3 rings (SSSR count). The van der Waals surface area contributed by atoms with Crippen LogP contribution in [0.25, 0.3) is 0 Å². The molecule has 0 aliphatic heterocycles. The Balaban J connectivity index is 1.90. The Kier molecular flexibility index (Phi) is 7.90. The van der Waals surface area contributed by atoms with Crippen LogP contribution >= 0.6 is 11.3 Å². The molecule has 0 saturated heterocycles. The second-order valence-corrected chi connectivity index (χ2v) is 10.1. The van der Waals surface area contributed by atoms with Crippen LogP contribution in [0, 0.1) is 6.92 Å². The fraction of sp³-hybridized carbons (Fsp3) is 0.273. The third-order valence-corrected chi connectivity index (χ3v) is 7.61. The van der Waals surface area contributed by atoms with Gasteiger partial charge in [-0.3, -0.25) is 14.7 Å². The second kappa shape index (κ2) is 10.6. The summed E-state index contributed by atoms with van der Waals surface area (Å²) in [6, 6.07) is 12.2. The summed E-state index contributed by atoms with van der Waals surface area (Å²) in [5.74, 6) is -1.000. The molecule has 11 heteroatoms. The number of carbonyl (C=O) groups excluding carboxylic acids is 2. The number of hydrogen-bond acceptors (Lipinski definition) is 8. The third-order valence-electron chi connectivity index (χ3n) is 4.66. The average Bonchev–Trinajstić information content (AvgIpc) is 3.20. The quantitative estimate of drug-likeness (QED) is 0.426. The van der Waals surface area contributed by atoms with Crippen molar-refractivity contribution in [1.82, 2.24) is 14.3 Å². The Morgan fingerprint density at radius 1 is 1.12 bits per heavy atom. The number of thiazole rings is 1. The van der Waals surface area contributed by atoms with E-state index in [0.717, 1.165) is 21.2 Å². The van der Waals surface area contributed by atoms with Gasteiger partial charge in [0.25, 0.3) is 0 Å². The van der Waals surface area contributed by atoms with Gasteiger partial charge in [-0.05, 0) is 31.5 Å². The van der Waals surface area contributed by atoms with Crippen molar-refractivity contribution in [1.29, 1.82) is 0 Å². The van der Waals surface area contributed by atoms with Crippen LogP contribution in [-0.4, -0.2) is 54.8 Å². The zero-order chi connectivity index (χ0) is 24.0. The summed E-state index contributed by atoms with van der Waals surface area (Å²) in [6.07, 6.45) is 2.70. The molecule has 2 heterocycles. The minimum absolute atomic E-state index is 0.00963. The molecule has 0 aliphatic carbocycles. The van der Waals surface area contributed by atoms with E-state index in [0.29, 0.717) is 10.6 Å². The van der Waals surface area contributed by atoms with Gasteiger partial charge in [-0.2, -0.15) is 4.31 Å². The molecule has 0 atom stereocenters. The zero-order valence-electron chi connectivity index (χ0n) is 18.5. The van der Waals surface area contributed by atoms with Gasteiger partial charge in [0.15, 0.2) is 5.13 Å². The Bertz CT molecular complexity index is 1210. The normalized spacial score (nSPS) is 11.4. The van der Waals surface area contributed by atoms with Crippen molar-refractivity contribution in [3.63, 3.8) is 0 Å². The molecule has 0 N–H and O–H groups in total. The zero-order valence-corrected chi connectivity index (χ0v) is 20.1. The Hall–Kier alpha value is -3.15. The predicted molar refractivity (Wildman–Crippen MR) is 124 cm³/mol. The summed E-state index contributed by atoms with van der Waals surface area (Å²) in [7, 11) is -2.58. The van der Waals surface area contributed by atoms with Gasteiger partial charge in [0, 0.05) is 19.4 Å². The SMILES string of the molecule is CCOC(=O)c1sc(N(Cc2ccccc2)C(=O)CN(C)S(=O)(=O)c2cccnc2)nc1C. The number of sulfonamides is 1. The first-order valence-corrected chi connectivity index (χ1v) is 12.3. The molecule has 33 heavy (non-hydrogen) atoms. The third kappa shape index (κ3) is 5.81. The Labute approximate surface area is 196 Å². The topological polar surface area (TPSA) is 110 Å². The summed E-state index contributed by atoms with van der Waals surface area (Å²) in [5, 5.41) is 0.289. The van der Waals surface area contributed by atoms with Gasteiger partial charge >= 0.3 is 5.97 Å². The molecule has 174 valence electrons. The number of anilines is 1. The number of aromatic nitrogens is 2. The van der Waals surface area contributed by atoms with Crippen LogP contribution in [0.1, 0.15) is 27.9 Å². The van der Waals surface area contributed by atoms with Gasteiger partial charge in [0.2, 0.25) is 15.9 Å². The number of benzene rings is 1. The highest BCUT2D eigenvalue weighted by molar-refractivity contribution is 7.89. The van der Waals surface area contributed by atoms with Gasteiger partial charge in [-0.25, -0.2) is 18.2 Å². The highest BCUT2D eigenvalue weighted by Gasteiger charge is 2.29. The van der Waals surface area contributed by atoms with E-state index in [2.05, 4.69) is 9.97 Å². The van der Waals surface area contributed by atoms with E-state index in [1.165, 1.54) is 36.5 Å². The van der Waals surface area contributed by atoms with Crippen LogP contribution in [0.3, 0.4) is 0 Å². The average molecular weight is 489 g/mol. The molecule has 0 bridgehead atoms. The number of nitrogens with zero attached hydrogens (tertiary/aromatic N) is 4. The number of esters is 1. The number of rotatable bonds is 9. The predicted octanol–water partition coefficient (Wildman–Crippen LogP) is 2.88. The Morgan fingerprint density at radius 3 is 2.48 bits per heavy atom. The minimum Gasteiger partial charge on any atom is -0.462 e. The number of pyridine rings is 1. The molecule has 0 fully saturated rings. The first kappa shape index (κ1) is 24.5. The highest BCUT2D eigenvalue weighted by Crippen LogP contribution is 2.28. The number of amides is 1. The van der Waals surface area contributed by atoms with E-state index < -0.39 is 28.4 Å². The maximum Gasteiger partial charge on any atom is 0.350 e.